The third-order valence-electron chi connectivity index (χ3n) is 2.56. The van der Waals surface area contributed by atoms with Crippen molar-refractivity contribution in [3.63, 3.8) is 0 Å². The van der Waals surface area contributed by atoms with Crippen molar-refractivity contribution >= 4 is 16.0 Å². The number of anilines is 1. The number of sulfonamides is 1. The Morgan fingerprint density at radius 3 is 2.32 bits per heavy atom. The highest BCUT2D eigenvalue weighted by atomic mass is 32.2. The number of rotatable bonds is 5. The van der Waals surface area contributed by atoms with Crippen LogP contribution >= 0.6 is 0 Å². The molecule has 0 aliphatic rings. The van der Waals surface area contributed by atoms with Gasteiger partial charge in [0.25, 0.3) is 10.0 Å². The normalized spacial score (nSPS) is 11.2. The van der Waals surface area contributed by atoms with Crippen LogP contribution in [-0.4, -0.2) is 18.4 Å². The van der Waals surface area contributed by atoms with Gasteiger partial charge in [-0.2, -0.15) is 0 Å². The summed E-state index contributed by atoms with van der Waals surface area (Å²) < 4.78 is 26.5. The van der Waals surface area contributed by atoms with Crippen LogP contribution in [0.3, 0.4) is 0 Å². The summed E-state index contributed by atoms with van der Waals surface area (Å²) in [4.78, 5) is 7.88. The zero-order valence-electron chi connectivity index (χ0n) is 10.6. The lowest BCUT2D eigenvalue weighted by Gasteiger charge is -2.06. The minimum absolute atomic E-state index is 0.0696. The summed E-state index contributed by atoms with van der Waals surface area (Å²) in [6.45, 7) is 2.08. The van der Waals surface area contributed by atoms with Gasteiger partial charge in [0.2, 0.25) is 5.95 Å². The number of hydrogen-bond acceptors (Lipinski definition) is 4. The minimum Gasteiger partial charge on any atom is -0.247 e. The Balaban J connectivity index is 2.20. The van der Waals surface area contributed by atoms with Crippen molar-refractivity contribution in [2.24, 2.45) is 0 Å². The predicted octanol–water partition coefficient (Wildman–Crippen LogP) is 2.23. The number of aryl methyl sites for hydroxylation is 1. The predicted molar refractivity (Wildman–Crippen MR) is 73.3 cm³/mol. The zero-order chi connectivity index (χ0) is 13.7. The Morgan fingerprint density at radius 2 is 1.74 bits per heavy atom. The van der Waals surface area contributed by atoms with Crippen molar-refractivity contribution in [2.75, 3.05) is 4.72 Å². The Bertz CT molecular complexity index is 625. The molecule has 6 heteroatoms. The third-order valence-corrected chi connectivity index (χ3v) is 3.91. The van der Waals surface area contributed by atoms with Gasteiger partial charge in [-0.1, -0.05) is 25.5 Å². The van der Waals surface area contributed by atoms with E-state index < -0.39 is 10.0 Å². The van der Waals surface area contributed by atoms with Gasteiger partial charge < -0.3 is 0 Å². The number of aromatic nitrogens is 2. The van der Waals surface area contributed by atoms with E-state index >= 15 is 0 Å². The maximum Gasteiger partial charge on any atom is 0.264 e. The molecule has 1 N–H and O–H groups in total. The Morgan fingerprint density at radius 1 is 1.11 bits per heavy atom. The van der Waals surface area contributed by atoms with E-state index in [4.69, 9.17) is 0 Å². The SMILES string of the molecule is CCCc1ccc(S(=O)(=O)Nc2ncccn2)cc1. The van der Waals surface area contributed by atoms with Gasteiger partial charge in [-0.05, 0) is 30.2 Å². The third kappa shape index (κ3) is 3.51. The topological polar surface area (TPSA) is 72.0 Å². The molecule has 0 bridgehead atoms. The molecule has 0 aliphatic carbocycles. The summed E-state index contributed by atoms with van der Waals surface area (Å²) in [7, 11) is -3.62. The molecule has 2 rings (SSSR count). The van der Waals surface area contributed by atoms with Crippen molar-refractivity contribution in [3.05, 3.63) is 48.3 Å². The van der Waals surface area contributed by atoms with Crippen molar-refractivity contribution in [2.45, 2.75) is 24.7 Å². The highest BCUT2D eigenvalue weighted by Gasteiger charge is 2.14. The fourth-order valence-corrected chi connectivity index (χ4v) is 2.61. The maximum absolute atomic E-state index is 12.1. The molecule has 0 spiro atoms. The van der Waals surface area contributed by atoms with Gasteiger partial charge in [0, 0.05) is 12.4 Å². The van der Waals surface area contributed by atoms with Crippen LogP contribution in [0, 0.1) is 0 Å². The van der Waals surface area contributed by atoms with Gasteiger partial charge >= 0.3 is 0 Å². The lowest BCUT2D eigenvalue weighted by molar-refractivity contribution is 0.600. The molecule has 2 aromatic rings. The molecule has 0 atom stereocenters. The van der Waals surface area contributed by atoms with Crippen molar-refractivity contribution in [3.8, 4) is 0 Å². The molecule has 0 unspecified atom stereocenters. The summed E-state index contributed by atoms with van der Waals surface area (Å²) in [6, 6.07) is 8.46. The highest BCUT2D eigenvalue weighted by molar-refractivity contribution is 7.92. The maximum atomic E-state index is 12.1. The average molecular weight is 277 g/mol. The summed E-state index contributed by atoms with van der Waals surface area (Å²) in [6.07, 6.45) is 4.93. The van der Waals surface area contributed by atoms with Crippen molar-refractivity contribution < 1.29 is 8.42 Å². The van der Waals surface area contributed by atoms with E-state index in [9.17, 15) is 8.42 Å². The molecule has 0 fully saturated rings. The van der Waals surface area contributed by atoms with E-state index in [1.165, 1.54) is 12.4 Å². The molecule has 0 saturated carbocycles. The lowest BCUT2D eigenvalue weighted by Crippen LogP contribution is -2.14. The molecule has 1 aromatic heterocycles. The molecule has 0 radical (unpaired) electrons. The van der Waals surface area contributed by atoms with Crippen LogP contribution in [0.25, 0.3) is 0 Å². The van der Waals surface area contributed by atoms with Crippen LogP contribution in [-0.2, 0) is 16.4 Å². The first-order valence-corrected chi connectivity index (χ1v) is 7.49. The summed E-state index contributed by atoms with van der Waals surface area (Å²) in [5.41, 5.74) is 1.12. The molecule has 0 amide bonds. The molecular weight excluding hydrogens is 262 g/mol. The van der Waals surface area contributed by atoms with E-state index in [1.807, 2.05) is 12.1 Å². The number of nitrogens with zero attached hydrogens (tertiary/aromatic N) is 2. The molecular formula is C13H15N3O2S. The Hall–Kier alpha value is -1.95. The van der Waals surface area contributed by atoms with Gasteiger partial charge in [-0.25, -0.2) is 23.1 Å². The van der Waals surface area contributed by atoms with Crippen LogP contribution in [0.5, 0.6) is 0 Å². The van der Waals surface area contributed by atoms with E-state index in [1.54, 1.807) is 18.2 Å². The lowest BCUT2D eigenvalue weighted by atomic mass is 10.1. The second-order valence-electron chi connectivity index (χ2n) is 4.07. The van der Waals surface area contributed by atoms with Crippen molar-refractivity contribution in [1.29, 1.82) is 0 Å². The standard InChI is InChI=1S/C13H15N3O2S/c1-2-4-11-5-7-12(8-6-11)19(17,18)16-13-14-9-3-10-15-13/h3,5-10H,2,4H2,1H3,(H,14,15,16). The van der Waals surface area contributed by atoms with E-state index in [-0.39, 0.29) is 10.8 Å². The summed E-state index contributed by atoms with van der Waals surface area (Å²) >= 11 is 0. The first kappa shape index (κ1) is 13.5. The van der Waals surface area contributed by atoms with Crippen LogP contribution in [0.2, 0.25) is 0 Å². The van der Waals surface area contributed by atoms with Crippen LogP contribution in [0.15, 0.2) is 47.6 Å². The largest absolute Gasteiger partial charge is 0.264 e. The van der Waals surface area contributed by atoms with Gasteiger partial charge in [0.05, 0.1) is 4.90 Å². The molecule has 0 saturated heterocycles. The number of hydrogen-bond donors (Lipinski definition) is 1. The van der Waals surface area contributed by atoms with Gasteiger partial charge in [0.1, 0.15) is 0 Å². The van der Waals surface area contributed by atoms with Crippen LogP contribution < -0.4 is 4.72 Å². The smallest absolute Gasteiger partial charge is 0.247 e. The second kappa shape index (κ2) is 5.79. The molecule has 100 valence electrons. The molecule has 19 heavy (non-hydrogen) atoms. The fraction of sp³-hybridized carbons (Fsp3) is 0.231. The molecule has 0 aliphatic heterocycles. The van der Waals surface area contributed by atoms with Gasteiger partial charge in [-0.15, -0.1) is 0 Å². The zero-order valence-corrected chi connectivity index (χ0v) is 11.4. The van der Waals surface area contributed by atoms with E-state index in [0.717, 1.165) is 18.4 Å². The van der Waals surface area contributed by atoms with Crippen LogP contribution in [0.4, 0.5) is 5.95 Å². The monoisotopic (exact) mass is 277 g/mol. The van der Waals surface area contributed by atoms with Crippen LogP contribution in [0.1, 0.15) is 18.9 Å². The Labute approximate surface area is 112 Å². The van der Waals surface area contributed by atoms with E-state index in [0.29, 0.717) is 0 Å². The molecule has 1 aromatic carbocycles. The minimum atomic E-state index is -3.62. The number of nitrogens with one attached hydrogen (secondary N) is 1. The first-order valence-electron chi connectivity index (χ1n) is 6.00. The summed E-state index contributed by atoms with van der Waals surface area (Å²) in [5, 5.41) is 0. The highest BCUT2D eigenvalue weighted by Crippen LogP contribution is 2.14. The summed E-state index contributed by atoms with van der Waals surface area (Å²) in [5.74, 6) is 0.0696. The molecule has 1 heterocycles. The van der Waals surface area contributed by atoms with Gasteiger partial charge in [-0.3, -0.25) is 0 Å². The first-order chi connectivity index (χ1) is 9.12. The quantitative estimate of drug-likeness (QED) is 0.909. The Kier molecular flexibility index (Phi) is 4.11. The van der Waals surface area contributed by atoms with Gasteiger partial charge in [0.15, 0.2) is 0 Å². The molecule has 5 nitrogen and oxygen atoms in total. The average Bonchev–Trinajstić information content (AvgIpc) is 2.40. The van der Waals surface area contributed by atoms with E-state index in [2.05, 4.69) is 21.6 Å². The number of benzene rings is 1. The van der Waals surface area contributed by atoms with Crippen molar-refractivity contribution in [1.82, 2.24) is 9.97 Å². The fourth-order valence-electron chi connectivity index (χ4n) is 1.65. The second-order valence-corrected chi connectivity index (χ2v) is 5.75.